The Balaban J connectivity index is 3.07. The first-order valence-corrected chi connectivity index (χ1v) is 4.89. The minimum atomic E-state index is -0.347. The number of oxime groups is 1. The Hall–Kier alpha value is -1.02. The lowest BCUT2D eigenvalue weighted by Crippen LogP contribution is -2.04. The maximum absolute atomic E-state index is 8.62. The fraction of sp³-hybridized carbons (Fsp3) is 0.364. The lowest BCUT2D eigenvalue weighted by atomic mass is 10.0. The van der Waals surface area contributed by atoms with E-state index in [1.807, 2.05) is 26.0 Å². The molecule has 0 saturated heterocycles. The molecule has 0 radical (unpaired) electrons. The smallest absolute Gasteiger partial charge is 0.1000 e. The zero-order valence-electron chi connectivity index (χ0n) is 8.58. The number of hydrogen-bond donors (Lipinski definition) is 1. The second-order valence-electron chi connectivity index (χ2n) is 3.46. The first kappa shape index (κ1) is 11.1. The average molecular weight is 212 g/mol. The number of nitrogens with zero attached hydrogens (tertiary/aromatic N) is 1. The van der Waals surface area contributed by atoms with Crippen molar-refractivity contribution in [3.8, 4) is 0 Å². The highest BCUT2D eigenvalue weighted by molar-refractivity contribution is 6.31. The van der Waals surface area contributed by atoms with E-state index < -0.39 is 0 Å². The molecule has 0 fully saturated rings. The van der Waals surface area contributed by atoms with E-state index in [4.69, 9.17) is 16.8 Å². The van der Waals surface area contributed by atoms with Gasteiger partial charge < -0.3 is 5.21 Å². The van der Waals surface area contributed by atoms with E-state index in [2.05, 4.69) is 11.2 Å². The van der Waals surface area contributed by atoms with Gasteiger partial charge in [-0.15, -0.1) is 11.6 Å². The Labute approximate surface area is 89.2 Å². The van der Waals surface area contributed by atoms with Crippen LogP contribution in [0.5, 0.6) is 0 Å². The van der Waals surface area contributed by atoms with Gasteiger partial charge in [-0.05, 0) is 31.9 Å². The molecule has 1 aromatic carbocycles. The summed E-state index contributed by atoms with van der Waals surface area (Å²) >= 11 is 6.12. The van der Waals surface area contributed by atoms with Crippen LogP contribution in [-0.4, -0.2) is 10.9 Å². The molecule has 1 aromatic rings. The van der Waals surface area contributed by atoms with E-state index in [1.165, 1.54) is 5.56 Å². The third-order valence-corrected chi connectivity index (χ3v) is 2.77. The molecule has 0 aliphatic heterocycles. The van der Waals surface area contributed by atoms with Crippen molar-refractivity contribution < 1.29 is 5.21 Å². The van der Waals surface area contributed by atoms with Crippen molar-refractivity contribution in [2.45, 2.75) is 26.1 Å². The van der Waals surface area contributed by atoms with Gasteiger partial charge >= 0.3 is 0 Å². The highest BCUT2D eigenvalue weighted by Gasteiger charge is 2.13. The van der Waals surface area contributed by atoms with Crippen LogP contribution in [0.15, 0.2) is 23.4 Å². The van der Waals surface area contributed by atoms with Crippen LogP contribution in [0.2, 0.25) is 0 Å². The highest BCUT2D eigenvalue weighted by atomic mass is 35.5. The van der Waals surface area contributed by atoms with Gasteiger partial charge in [-0.3, -0.25) is 0 Å². The largest absolute Gasteiger partial charge is 0.411 e. The van der Waals surface area contributed by atoms with Crippen LogP contribution in [0.25, 0.3) is 0 Å². The van der Waals surface area contributed by atoms with E-state index >= 15 is 0 Å². The van der Waals surface area contributed by atoms with Gasteiger partial charge in [0.15, 0.2) is 0 Å². The maximum Gasteiger partial charge on any atom is 0.1000 e. The van der Waals surface area contributed by atoms with Crippen LogP contribution in [-0.2, 0) is 0 Å². The molecule has 0 heterocycles. The summed E-state index contributed by atoms with van der Waals surface area (Å²) in [5, 5.41) is 11.4. The van der Waals surface area contributed by atoms with E-state index in [0.29, 0.717) is 5.71 Å². The predicted octanol–water partition coefficient (Wildman–Crippen LogP) is 3.43. The van der Waals surface area contributed by atoms with Gasteiger partial charge in [-0.1, -0.05) is 28.9 Å². The Kier molecular flexibility index (Phi) is 3.53. The summed E-state index contributed by atoms with van der Waals surface area (Å²) in [6, 6.07) is 6.04. The Morgan fingerprint density at radius 3 is 2.57 bits per heavy atom. The number of benzene rings is 1. The molecule has 1 atom stereocenters. The maximum atomic E-state index is 8.62. The van der Waals surface area contributed by atoms with Gasteiger partial charge in [0.25, 0.3) is 0 Å². The molecule has 2 nitrogen and oxygen atoms in total. The van der Waals surface area contributed by atoms with Crippen LogP contribution >= 0.6 is 11.6 Å². The summed E-state index contributed by atoms with van der Waals surface area (Å²) in [5.41, 5.74) is 3.83. The van der Waals surface area contributed by atoms with Crippen molar-refractivity contribution >= 4 is 17.3 Å². The number of halogens is 1. The molecule has 0 bridgehead atoms. The number of rotatable bonds is 2. The lowest BCUT2D eigenvalue weighted by molar-refractivity contribution is 0.317. The zero-order chi connectivity index (χ0) is 10.7. The Bertz CT molecular complexity index is 360. The van der Waals surface area contributed by atoms with Crippen molar-refractivity contribution in [2.24, 2.45) is 5.16 Å². The van der Waals surface area contributed by atoms with Gasteiger partial charge in [0.05, 0.1) is 11.1 Å². The van der Waals surface area contributed by atoms with Gasteiger partial charge in [0.2, 0.25) is 0 Å². The number of aryl methyl sites for hydroxylation is 2. The Morgan fingerprint density at radius 2 is 2.07 bits per heavy atom. The van der Waals surface area contributed by atoms with Crippen LogP contribution in [0.4, 0.5) is 0 Å². The predicted molar refractivity (Wildman–Crippen MR) is 59.4 cm³/mol. The van der Waals surface area contributed by atoms with E-state index in [-0.39, 0.29) is 5.38 Å². The fourth-order valence-electron chi connectivity index (χ4n) is 1.39. The van der Waals surface area contributed by atoms with Gasteiger partial charge in [0, 0.05) is 0 Å². The molecule has 1 unspecified atom stereocenters. The van der Waals surface area contributed by atoms with Gasteiger partial charge in [-0.25, -0.2) is 0 Å². The van der Waals surface area contributed by atoms with Crippen molar-refractivity contribution in [1.29, 1.82) is 0 Å². The topological polar surface area (TPSA) is 32.6 Å². The first-order chi connectivity index (χ1) is 6.56. The third-order valence-electron chi connectivity index (χ3n) is 2.22. The van der Waals surface area contributed by atoms with E-state index in [1.54, 1.807) is 6.92 Å². The molecule has 0 aliphatic carbocycles. The monoisotopic (exact) mass is 211 g/mol. The third kappa shape index (κ3) is 2.26. The molecule has 0 amide bonds. The van der Waals surface area contributed by atoms with Crippen LogP contribution < -0.4 is 0 Å². The highest BCUT2D eigenvalue weighted by Crippen LogP contribution is 2.25. The second kappa shape index (κ2) is 4.47. The van der Waals surface area contributed by atoms with Crippen molar-refractivity contribution in [2.75, 3.05) is 0 Å². The van der Waals surface area contributed by atoms with E-state index in [9.17, 15) is 0 Å². The molecular weight excluding hydrogens is 198 g/mol. The van der Waals surface area contributed by atoms with Crippen molar-refractivity contribution in [3.05, 3.63) is 34.9 Å². The van der Waals surface area contributed by atoms with Crippen LogP contribution in [0, 0.1) is 13.8 Å². The summed E-state index contributed by atoms with van der Waals surface area (Å²) in [7, 11) is 0. The normalized spacial score (nSPS) is 14.1. The molecule has 1 N–H and O–H groups in total. The Morgan fingerprint density at radius 1 is 1.43 bits per heavy atom. The molecule has 1 rings (SSSR count). The minimum absolute atomic E-state index is 0.347. The van der Waals surface area contributed by atoms with Gasteiger partial charge in [-0.2, -0.15) is 0 Å². The summed E-state index contributed by atoms with van der Waals surface area (Å²) in [6.45, 7) is 5.74. The van der Waals surface area contributed by atoms with Crippen molar-refractivity contribution in [3.63, 3.8) is 0 Å². The second-order valence-corrected chi connectivity index (χ2v) is 3.90. The molecule has 3 heteroatoms. The molecule has 0 aliphatic rings. The van der Waals surface area contributed by atoms with E-state index in [0.717, 1.165) is 11.1 Å². The standard InChI is InChI=1S/C11H14ClNO/c1-7-4-5-10(8(2)6-7)11(12)9(3)13-14/h4-6,11,14H,1-3H3/b13-9-. The molecule has 76 valence electrons. The summed E-state index contributed by atoms with van der Waals surface area (Å²) in [6.07, 6.45) is 0. The summed E-state index contributed by atoms with van der Waals surface area (Å²) < 4.78 is 0. The first-order valence-electron chi connectivity index (χ1n) is 4.46. The summed E-state index contributed by atoms with van der Waals surface area (Å²) in [4.78, 5) is 0. The van der Waals surface area contributed by atoms with Crippen molar-refractivity contribution in [1.82, 2.24) is 0 Å². The quantitative estimate of drug-likeness (QED) is 0.346. The fourth-order valence-corrected chi connectivity index (χ4v) is 1.67. The van der Waals surface area contributed by atoms with Gasteiger partial charge in [0.1, 0.15) is 0 Å². The molecule has 0 spiro atoms. The zero-order valence-corrected chi connectivity index (χ0v) is 9.34. The lowest BCUT2D eigenvalue weighted by Gasteiger charge is -2.11. The SMILES string of the molecule is C/C(=N/O)C(Cl)c1ccc(C)cc1C. The molecule has 0 saturated carbocycles. The molecule has 0 aromatic heterocycles. The molecular formula is C11H14ClNO. The minimum Gasteiger partial charge on any atom is -0.411 e. The summed E-state index contributed by atoms with van der Waals surface area (Å²) in [5.74, 6) is 0. The average Bonchev–Trinajstić information content (AvgIpc) is 2.15. The number of alkyl halides is 1. The number of hydrogen-bond acceptors (Lipinski definition) is 2. The van der Waals surface area contributed by atoms with Crippen LogP contribution in [0.1, 0.15) is 29.0 Å². The van der Waals surface area contributed by atoms with Crippen LogP contribution in [0.3, 0.4) is 0 Å². The molecule has 14 heavy (non-hydrogen) atoms.